The molecular formula is C16H19N3O3. The van der Waals surface area contributed by atoms with Gasteiger partial charge in [-0.2, -0.15) is 0 Å². The Kier molecular flexibility index (Phi) is 6.32. The standard InChI is InChI=1S/C16H19N3O3/c1-21-10-11-22-15-12-14(5-9-18-15)16(20)19-8-4-13-2-6-17-7-3-13/h2-3,5-7,9,12H,4,8,10-11H2,1H3,(H,19,20). The molecule has 2 rings (SSSR count). The number of carbonyl (C=O) groups is 1. The molecule has 0 aliphatic heterocycles. The van der Waals surface area contributed by atoms with Crippen LogP contribution in [-0.4, -0.2) is 42.7 Å². The minimum absolute atomic E-state index is 0.145. The highest BCUT2D eigenvalue weighted by Gasteiger charge is 2.07. The Morgan fingerprint density at radius 1 is 1.18 bits per heavy atom. The first-order valence-electron chi connectivity index (χ1n) is 7.04. The molecule has 1 amide bonds. The van der Waals surface area contributed by atoms with E-state index in [1.54, 1.807) is 37.8 Å². The van der Waals surface area contributed by atoms with Gasteiger partial charge in [-0.25, -0.2) is 4.98 Å². The van der Waals surface area contributed by atoms with Crippen LogP contribution >= 0.6 is 0 Å². The van der Waals surface area contributed by atoms with Crippen molar-refractivity contribution >= 4 is 5.91 Å². The SMILES string of the molecule is COCCOc1cc(C(=O)NCCc2ccncc2)ccn1. The van der Waals surface area contributed by atoms with Crippen LogP contribution in [0.4, 0.5) is 0 Å². The second kappa shape index (κ2) is 8.74. The zero-order valence-electron chi connectivity index (χ0n) is 12.5. The monoisotopic (exact) mass is 301 g/mol. The van der Waals surface area contributed by atoms with Gasteiger partial charge in [0.05, 0.1) is 6.61 Å². The zero-order chi connectivity index (χ0) is 15.6. The largest absolute Gasteiger partial charge is 0.475 e. The molecule has 0 unspecified atom stereocenters. The van der Waals surface area contributed by atoms with E-state index >= 15 is 0 Å². The van der Waals surface area contributed by atoms with Crippen LogP contribution in [0.5, 0.6) is 5.88 Å². The van der Waals surface area contributed by atoms with Crippen molar-refractivity contribution in [3.63, 3.8) is 0 Å². The van der Waals surface area contributed by atoms with Crippen LogP contribution in [0.1, 0.15) is 15.9 Å². The third-order valence-electron chi connectivity index (χ3n) is 2.98. The minimum Gasteiger partial charge on any atom is -0.475 e. The van der Waals surface area contributed by atoms with Gasteiger partial charge in [-0.05, 0) is 30.2 Å². The molecular weight excluding hydrogens is 282 g/mol. The zero-order valence-corrected chi connectivity index (χ0v) is 12.5. The van der Waals surface area contributed by atoms with Gasteiger partial charge in [0.1, 0.15) is 6.61 Å². The average Bonchev–Trinajstić information content (AvgIpc) is 2.56. The van der Waals surface area contributed by atoms with Crippen LogP contribution in [0.15, 0.2) is 42.9 Å². The summed E-state index contributed by atoms with van der Waals surface area (Å²) < 4.78 is 10.3. The smallest absolute Gasteiger partial charge is 0.251 e. The molecule has 0 fully saturated rings. The summed E-state index contributed by atoms with van der Waals surface area (Å²) in [5.41, 5.74) is 1.66. The van der Waals surface area contributed by atoms with Crippen molar-refractivity contribution in [2.24, 2.45) is 0 Å². The number of amides is 1. The van der Waals surface area contributed by atoms with Crippen molar-refractivity contribution in [1.82, 2.24) is 15.3 Å². The summed E-state index contributed by atoms with van der Waals surface area (Å²) in [6.45, 7) is 1.44. The van der Waals surface area contributed by atoms with Gasteiger partial charge in [0.2, 0.25) is 5.88 Å². The summed E-state index contributed by atoms with van der Waals surface area (Å²) in [6, 6.07) is 7.14. The molecule has 0 radical (unpaired) electrons. The number of methoxy groups -OCH3 is 1. The molecule has 0 atom stereocenters. The summed E-state index contributed by atoms with van der Waals surface area (Å²) in [4.78, 5) is 20.1. The highest BCUT2D eigenvalue weighted by Crippen LogP contribution is 2.09. The molecule has 0 bridgehead atoms. The second-order valence-electron chi connectivity index (χ2n) is 4.59. The molecule has 22 heavy (non-hydrogen) atoms. The molecule has 0 aromatic carbocycles. The number of ether oxygens (including phenoxy) is 2. The van der Waals surface area contributed by atoms with Gasteiger partial charge in [-0.1, -0.05) is 0 Å². The first-order chi connectivity index (χ1) is 10.8. The van der Waals surface area contributed by atoms with Crippen LogP contribution in [0, 0.1) is 0 Å². The molecule has 0 saturated carbocycles. The molecule has 0 spiro atoms. The Hall–Kier alpha value is -2.47. The van der Waals surface area contributed by atoms with Gasteiger partial charge in [0.15, 0.2) is 0 Å². The van der Waals surface area contributed by atoms with Gasteiger partial charge in [0.25, 0.3) is 5.91 Å². The Labute approximate surface area is 129 Å². The van der Waals surface area contributed by atoms with Crippen molar-refractivity contribution in [2.75, 3.05) is 26.9 Å². The molecule has 2 heterocycles. The number of hydrogen-bond donors (Lipinski definition) is 1. The van der Waals surface area contributed by atoms with E-state index in [0.29, 0.717) is 31.2 Å². The van der Waals surface area contributed by atoms with E-state index < -0.39 is 0 Å². The third kappa shape index (κ3) is 5.14. The van der Waals surface area contributed by atoms with Crippen molar-refractivity contribution < 1.29 is 14.3 Å². The fourth-order valence-electron chi connectivity index (χ4n) is 1.83. The lowest BCUT2D eigenvalue weighted by Gasteiger charge is -2.07. The predicted octanol–water partition coefficient (Wildman–Crippen LogP) is 1.47. The van der Waals surface area contributed by atoms with Crippen molar-refractivity contribution in [1.29, 1.82) is 0 Å². The second-order valence-corrected chi connectivity index (χ2v) is 4.59. The van der Waals surface area contributed by atoms with Gasteiger partial charge < -0.3 is 14.8 Å². The van der Waals surface area contributed by atoms with E-state index in [1.165, 1.54) is 0 Å². The van der Waals surface area contributed by atoms with E-state index in [2.05, 4.69) is 15.3 Å². The molecule has 2 aromatic heterocycles. The topological polar surface area (TPSA) is 73.3 Å². The Balaban J connectivity index is 1.82. The van der Waals surface area contributed by atoms with E-state index in [9.17, 15) is 4.79 Å². The van der Waals surface area contributed by atoms with Crippen LogP contribution in [-0.2, 0) is 11.2 Å². The summed E-state index contributed by atoms with van der Waals surface area (Å²) in [7, 11) is 1.60. The van der Waals surface area contributed by atoms with Crippen molar-refractivity contribution in [2.45, 2.75) is 6.42 Å². The van der Waals surface area contributed by atoms with E-state index in [1.807, 2.05) is 12.1 Å². The first-order valence-corrected chi connectivity index (χ1v) is 7.04. The molecule has 0 saturated heterocycles. The van der Waals surface area contributed by atoms with Gasteiger partial charge in [0, 0.05) is 43.9 Å². The number of hydrogen-bond acceptors (Lipinski definition) is 5. The summed E-state index contributed by atoms with van der Waals surface area (Å²) in [5.74, 6) is 0.270. The number of aromatic nitrogens is 2. The highest BCUT2D eigenvalue weighted by atomic mass is 16.5. The molecule has 6 nitrogen and oxygen atoms in total. The fourth-order valence-corrected chi connectivity index (χ4v) is 1.83. The summed E-state index contributed by atoms with van der Waals surface area (Å²) >= 11 is 0. The van der Waals surface area contributed by atoms with Gasteiger partial charge in [-0.15, -0.1) is 0 Å². The van der Waals surface area contributed by atoms with Gasteiger partial charge in [-0.3, -0.25) is 9.78 Å². The highest BCUT2D eigenvalue weighted by molar-refractivity contribution is 5.94. The van der Waals surface area contributed by atoms with E-state index in [4.69, 9.17) is 9.47 Å². The normalized spacial score (nSPS) is 10.2. The molecule has 6 heteroatoms. The molecule has 0 aliphatic rings. The molecule has 116 valence electrons. The number of nitrogens with one attached hydrogen (secondary N) is 1. The quantitative estimate of drug-likeness (QED) is 0.748. The molecule has 1 N–H and O–H groups in total. The maximum atomic E-state index is 12.1. The maximum absolute atomic E-state index is 12.1. The Morgan fingerprint density at radius 3 is 2.77 bits per heavy atom. The lowest BCUT2D eigenvalue weighted by Crippen LogP contribution is -2.25. The number of carbonyl (C=O) groups excluding carboxylic acids is 1. The van der Waals surface area contributed by atoms with Crippen molar-refractivity contribution in [3.8, 4) is 5.88 Å². The third-order valence-corrected chi connectivity index (χ3v) is 2.98. The molecule has 2 aromatic rings. The number of rotatable bonds is 8. The lowest BCUT2D eigenvalue weighted by molar-refractivity contribution is 0.0953. The fraction of sp³-hybridized carbons (Fsp3) is 0.312. The van der Waals surface area contributed by atoms with Crippen LogP contribution in [0.2, 0.25) is 0 Å². The Bertz CT molecular complexity index is 590. The van der Waals surface area contributed by atoms with Crippen molar-refractivity contribution in [3.05, 3.63) is 54.0 Å². The minimum atomic E-state index is -0.145. The van der Waals surface area contributed by atoms with Crippen LogP contribution < -0.4 is 10.1 Å². The van der Waals surface area contributed by atoms with E-state index in [-0.39, 0.29) is 5.91 Å². The van der Waals surface area contributed by atoms with E-state index in [0.717, 1.165) is 12.0 Å². The number of pyridine rings is 2. The lowest BCUT2D eigenvalue weighted by atomic mass is 10.2. The number of nitrogens with zero attached hydrogens (tertiary/aromatic N) is 2. The summed E-state index contributed by atoms with van der Waals surface area (Å²) in [5, 5.41) is 2.87. The van der Waals surface area contributed by atoms with Gasteiger partial charge >= 0.3 is 0 Å². The predicted molar refractivity (Wildman–Crippen MR) is 81.9 cm³/mol. The maximum Gasteiger partial charge on any atom is 0.251 e. The Morgan fingerprint density at radius 2 is 2.00 bits per heavy atom. The first kappa shape index (κ1) is 15.9. The van der Waals surface area contributed by atoms with Crippen LogP contribution in [0.3, 0.4) is 0 Å². The summed E-state index contributed by atoms with van der Waals surface area (Å²) in [6.07, 6.45) is 5.80. The van der Waals surface area contributed by atoms with Crippen LogP contribution in [0.25, 0.3) is 0 Å². The molecule has 0 aliphatic carbocycles. The average molecular weight is 301 g/mol.